The zero-order valence-corrected chi connectivity index (χ0v) is 14.6. The van der Waals surface area contributed by atoms with E-state index in [2.05, 4.69) is 20.4 Å². The summed E-state index contributed by atoms with van der Waals surface area (Å²) in [6, 6.07) is 5.72. The van der Waals surface area contributed by atoms with Gasteiger partial charge in [0.2, 0.25) is 5.91 Å². The summed E-state index contributed by atoms with van der Waals surface area (Å²) in [5.41, 5.74) is 3.75. The minimum Gasteiger partial charge on any atom is -0.355 e. The van der Waals surface area contributed by atoms with E-state index in [1.165, 1.54) is 0 Å². The third kappa shape index (κ3) is 3.45. The molecule has 0 aliphatic heterocycles. The average molecular weight is 339 g/mol. The summed E-state index contributed by atoms with van der Waals surface area (Å²) in [5.74, 6) is -0.0874. The molecule has 0 saturated heterocycles. The zero-order valence-electron chi connectivity index (χ0n) is 14.6. The van der Waals surface area contributed by atoms with Gasteiger partial charge in [0.25, 0.3) is 5.56 Å². The first-order valence-corrected chi connectivity index (χ1v) is 8.18. The van der Waals surface area contributed by atoms with Gasteiger partial charge in [-0.25, -0.2) is 4.98 Å². The maximum Gasteiger partial charge on any atom is 0.273 e. The lowest BCUT2D eigenvalue weighted by molar-refractivity contribution is -0.120. The minimum absolute atomic E-state index is 0.0874. The number of amides is 1. The highest BCUT2D eigenvalue weighted by Crippen LogP contribution is 2.20. The second kappa shape index (κ2) is 6.88. The Morgan fingerprint density at radius 2 is 2.12 bits per heavy atom. The summed E-state index contributed by atoms with van der Waals surface area (Å²) >= 11 is 0. The second-order valence-electron chi connectivity index (χ2n) is 6.10. The molecule has 0 atom stereocenters. The molecule has 0 aromatic carbocycles. The topological polar surface area (TPSA) is 92.7 Å². The molecule has 1 amide bonds. The summed E-state index contributed by atoms with van der Waals surface area (Å²) in [5, 5.41) is 6.16. The molecule has 25 heavy (non-hydrogen) atoms. The summed E-state index contributed by atoms with van der Waals surface area (Å²) in [6.45, 7) is 4.25. The Balaban J connectivity index is 1.73. The Morgan fingerprint density at radius 3 is 2.84 bits per heavy atom. The van der Waals surface area contributed by atoms with Crippen LogP contribution in [0.1, 0.15) is 22.5 Å². The Hall–Kier alpha value is -2.96. The van der Waals surface area contributed by atoms with Crippen molar-refractivity contribution in [2.24, 2.45) is 7.05 Å². The van der Waals surface area contributed by atoms with Crippen LogP contribution in [0.15, 0.2) is 29.2 Å². The van der Waals surface area contributed by atoms with Gasteiger partial charge in [-0.2, -0.15) is 0 Å². The van der Waals surface area contributed by atoms with Gasteiger partial charge >= 0.3 is 0 Å². The molecule has 130 valence electrons. The number of nitrogens with zero attached hydrogens (tertiary/aromatic N) is 3. The molecule has 3 aromatic heterocycles. The van der Waals surface area contributed by atoms with Gasteiger partial charge in [-0.1, -0.05) is 6.07 Å². The van der Waals surface area contributed by atoms with Crippen LogP contribution in [0, 0.1) is 13.8 Å². The molecule has 3 aromatic rings. The molecule has 7 heteroatoms. The number of H-pyrrole nitrogens is 1. The molecule has 0 aliphatic carbocycles. The first kappa shape index (κ1) is 16.9. The van der Waals surface area contributed by atoms with Crippen molar-refractivity contribution < 1.29 is 4.79 Å². The fourth-order valence-electron chi connectivity index (χ4n) is 3.01. The van der Waals surface area contributed by atoms with Crippen LogP contribution in [-0.4, -0.2) is 32.2 Å². The van der Waals surface area contributed by atoms with E-state index in [0.29, 0.717) is 24.0 Å². The third-order valence-corrected chi connectivity index (χ3v) is 4.34. The number of carbonyl (C=O) groups is 1. The lowest BCUT2D eigenvalue weighted by Crippen LogP contribution is -2.28. The molecule has 3 rings (SSSR count). The van der Waals surface area contributed by atoms with Gasteiger partial charge in [0.15, 0.2) is 5.65 Å². The molecule has 0 bridgehead atoms. The van der Waals surface area contributed by atoms with E-state index in [1.807, 2.05) is 32.0 Å². The molecule has 7 nitrogen and oxygen atoms in total. The monoisotopic (exact) mass is 339 g/mol. The fourth-order valence-corrected chi connectivity index (χ4v) is 3.01. The Bertz CT molecular complexity index is 973. The Morgan fingerprint density at radius 1 is 1.32 bits per heavy atom. The number of fused-ring (bicyclic) bond motifs is 1. The van der Waals surface area contributed by atoms with Crippen molar-refractivity contribution in [2.45, 2.75) is 26.7 Å². The zero-order chi connectivity index (χ0) is 18.0. The fraction of sp³-hybridized carbons (Fsp3) is 0.333. The first-order valence-electron chi connectivity index (χ1n) is 8.18. The van der Waals surface area contributed by atoms with Gasteiger partial charge in [0.05, 0.1) is 11.8 Å². The van der Waals surface area contributed by atoms with E-state index in [0.717, 1.165) is 22.5 Å². The highest BCUT2D eigenvalue weighted by atomic mass is 16.1. The van der Waals surface area contributed by atoms with Crippen LogP contribution in [0.2, 0.25) is 0 Å². The number of carbonyl (C=O) groups excluding carboxylic acids is 1. The van der Waals surface area contributed by atoms with Crippen LogP contribution in [-0.2, 0) is 24.7 Å². The summed E-state index contributed by atoms with van der Waals surface area (Å²) in [7, 11) is 1.75. The van der Waals surface area contributed by atoms with Gasteiger partial charge in [0.1, 0.15) is 0 Å². The van der Waals surface area contributed by atoms with Gasteiger partial charge in [0, 0.05) is 37.6 Å². The van der Waals surface area contributed by atoms with E-state index in [9.17, 15) is 9.59 Å². The lowest BCUT2D eigenvalue weighted by atomic mass is 10.0. The predicted octanol–water partition coefficient (Wildman–Crippen LogP) is 1.17. The van der Waals surface area contributed by atoms with Crippen LogP contribution in [0.4, 0.5) is 0 Å². The number of rotatable bonds is 5. The van der Waals surface area contributed by atoms with E-state index < -0.39 is 0 Å². The SMILES string of the molecule is Cc1nc2c(c(C)c1CC(=O)NCCc1ccccn1)c(=O)[nH]n2C. The average Bonchev–Trinajstić information content (AvgIpc) is 2.86. The van der Waals surface area contributed by atoms with Gasteiger partial charge in [-0.05, 0) is 37.1 Å². The van der Waals surface area contributed by atoms with Crippen LogP contribution >= 0.6 is 0 Å². The maximum absolute atomic E-state index is 12.3. The van der Waals surface area contributed by atoms with Crippen molar-refractivity contribution in [1.82, 2.24) is 25.1 Å². The van der Waals surface area contributed by atoms with E-state index in [4.69, 9.17) is 0 Å². The summed E-state index contributed by atoms with van der Waals surface area (Å²) in [6.07, 6.45) is 2.62. The van der Waals surface area contributed by atoms with Crippen molar-refractivity contribution >= 4 is 16.9 Å². The van der Waals surface area contributed by atoms with E-state index in [1.54, 1.807) is 17.9 Å². The van der Waals surface area contributed by atoms with Crippen molar-refractivity contribution in [2.75, 3.05) is 6.54 Å². The van der Waals surface area contributed by atoms with Crippen molar-refractivity contribution in [3.63, 3.8) is 0 Å². The van der Waals surface area contributed by atoms with Crippen molar-refractivity contribution in [1.29, 1.82) is 0 Å². The van der Waals surface area contributed by atoms with Crippen molar-refractivity contribution in [3.05, 3.63) is 57.3 Å². The molecule has 3 heterocycles. The predicted molar refractivity (Wildman–Crippen MR) is 95.5 cm³/mol. The van der Waals surface area contributed by atoms with E-state index in [-0.39, 0.29) is 17.9 Å². The minimum atomic E-state index is -0.181. The van der Waals surface area contributed by atoms with Gasteiger partial charge < -0.3 is 5.32 Å². The van der Waals surface area contributed by atoms with Crippen LogP contribution in [0.3, 0.4) is 0 Å². The standard InChI is InChI=1S/C18H21N5O2/c1-11-14(12(2)21-17-16(11)18(25)22-23(17)3)10-15(24)20-9-7-13-6-4-5-8-19-13/h4-6,8H,7,9-10H2,1-3H3,(H,20,24)(H,22,25). The second-order valence-corrected chi connectivity index (χ2v) is 6.10. The van der Waals surface area contributed by atoms with E-state index >= 15 is 0 Å². The summed E-state index contributed by atoms with van der Waals surface area (Å²) in [4.78, 5) is 33.1. The van der Waals surface area contributed by atoms with Gasteiger partial charge in [-0.15, -0.1) is 0 Å². The third-order valence-electron chi connectivity index (χ3n) is 4.34. The molecule has 0 unspecified atom stereocenters. The molecule has 0 aliphatic rings. The smallest absolute Gasteiger partial charge is 0.273 e. The normalized spacial score (nSPS) is 11.0. The highest BCUT2D eigenvalue weighted by molar-refractivity contribution is 5.84. The molecule has 0 saturated carbocycles. The number of nitrogens with one attached hydrogen (secondary N) is 2. The number of aromatic nitrogens is 4. The molecular weight excluding hydrogens is 318 g/mol. The Labute approximate surface area is 145 Å². The molecule has 2 N–H and O–H groups in total. The largest absolute Gasteiger partial charge is 0.355 e. The van der Waals surface area contributed by atoms with Crippen LogP contribution in [0.5, 0.6) is 0 Å². The first-order chi connectivity index (χ1) is 12.0. The lowest BCUT2D eigenvalue weighted by Gasteiger charge is -2.11. The number of hydrogen-bond donors (Lipinski definition) is 2. The Kier molecular flexibility index (Phi) is 4.65. The quantitative estimate of drug-likeness (QED) is 0.730. The van der Waals surface area contributed by atoms with Crippen LogP contribution < -0.4 is 10.9 Å². The maximum atomic E-state index is 12.3. The number of hydrogen-bond acceptors (Lipinski definition) is 4. The molecule has 0 radical (unpaired) electrons. The molecular formula is C18H21N5O2. The number of aryl methyl sites for hydroxylation is 3. The van der Waals surface area contributed by atoms with Gasteiger partial charge in [-0.3, -0.25) is 24.4 Å². The molecule has 0 spiro atoms. The summed E-state index contributed by atoms with van der Waals surface area (Å²) < 4.78 is 1.61. The number of pyridine rings is 2. The van der Waals surface area contributed by atoms with Crippen LogP contribution in [0.25, 0.3) is 11.0 Å². The highest BCUT2D eigenvalue weighted by Gasteiger charge is 2.17. The number of aromatic amines is 1. The molecule has 0 fully saturated rings. The van der Waals surface area contributed by atoms with Crippen molar-refractivity contribution in [3.8, 4) is 0 Å².